The number of aromatic nitrogens is 2. The Morgan fingerprint density at radius 1 is 1.13 bits per heavy atom. The quantitative estimate of drug-likeness (QED) is 0.842. The molecule has 1 amide bonds. The third-order valence-electron chi connectivity index (χ3n) is 4.90. The fourth-order valence-corrected chi connectivity index (χ4v) is 3.60. The zero-order chi connectivity index (χ0) is 16.4. The Kier molecular flexibility index (Phi) is 4.66. The Labute approximate surface area is 134 Å². The topological polar surface area (TPSA) is 78.4 Å². The summed E-state index contributed by atoms with van der Waals surface area (Å²) >= 11 is 0. The van der Waals surface area contributed by atoms with E-state index in [9.17, 15) is 14.4 Å². The number of H-pyrrole nitrogens is 1. The maximum absolute atomic E-state index is 11.9. The first-order valence-electron chi connectivity index (χ1n) is 8.37. The molecule has 1 N–H and O–H groups in total. The number of rotatable bonds is 4. The van der Waals surface area contributed by atoms with Gasteiger partial charge in [-0.05, 0) is 26.2 Å². The molecule has 0 spiro atoms. The first-order valence-corrected chi connectivity index (χ1v) is 8.37. The van der Waals surface area contributed by atoms with Crippen molar-refractivity contribution in [1.82, 2.24) is 19.4 Å². The molecule has 2 aliphatic rings. The van der Waals surface area contributed by atoms with Crippen LogP contribution in [0.4, 0.5) is 0 Å². The van der Waals surface area contributed by atoms with Gasteiger partial charge in [0.25, 0.3) is 5.56 Å². The van der Waals surface area contributed by atoms with Crippen molar-refractivity contribution < 1.29 is 4.79 Å². The van der Waals surface area contributed by atoms with Crippen molar-refractivity contribution >= 4 is 5.91 Å². The molecule has 0 atom stereocenters. The molecule has 23 heavy (non-hydrogen) atoms. The van der Waals surface area contributed by atoms with E-state index < -0.39 is 0 Å². The lowest BCUT2D eigenvalue weighted by Gasteiger charge is -2.36. The van der Waals surface area contributed by atoms with Crippen molar-refractivity contribution in [3.05, 3.63) is 32.6 Å². The Morgan fingerprint density at radius 2 is 1.87 bits per heavy atom. The van der Waals surface area contributed by atoms with Crippen LogP contribution in [0, 0.1) is 6.92 Å². The average Bonchev–Trinajstić information content (AvgIpc) is 2.93. The number of aromatic amines is 1. The molecule has 2 aliphatic heterocycles. The molecule has 1 aromatic heterocycles. The first kappa shape index (κ1) is 16.0. The molecule has 1 aromatic rings. The van der Waals surface area contributed by atoms with E-state index in [1.165, 1.54) is 10.6 Å². The molecule has 0 aliphatic carbocycles. The van der Waals surface area contributed by atoms with Crippen LogP contribution in [0.15, 0.2) is 15.7 Å². The van der Waals surface area contributed by atoms with Gasteiger partial charge in [-0.3, -0.25) is 14.2 Å². The highest BCUT2D eigenvalue weighted by Crippen LogP contribution is 2.21. The molecule has 2 fully saturated rings. The number of aryl methyl sites for hydroxylation is 1. The van der Waals surface area contributed by atoms with Gasteiger partial charge in [-0.1, -0.05) is 0 Å². The number of carbonyl (C=O) groups excluding carboxylic acids is 1. The van der Waals surface area contributed by atoms with Gasteiger partial charge < -0.3 is 14.8 Å². The second-order valence-electron chi connectivity index (χ2n) is 6.51. The van der Waals surface area contributed by atoms with E-state index in [4.69, 9.17) is 0 Å². The zero-order valence-electron chi connectivity index (χ0n) is 13.6. The van der Waals surface area contributed by atoms with Gasteiger partial charge in [0.1, 0.15) is 0 Å². The van der Waals surface area contributed by atoms with Crippen LogP contribution in [0.25, 0.3) is 0 Å². The van der Waals surface area contributed by atoms with Crippen LogP contribution in [0.5, 0.6) is 0 Å². The highest BCUT2D eigenvalue weighted by atomic mass is 16.2. The fourth-order valence-electron chi connectivity index (χ4n) is 3.60. The normalized spacial score (nSPS) is 20.4. The number of piperidine rings is 1. The summed E-state index contributed by atoms with van der Waals surface area (Å²) in [6.07, 6.45) is 3.63. The largest absolute Gasteiger partial charge is 0.340 e. The van der Waals surface area contributed by atoms with Crippen molar-refractivity contribution in [3.63, 3.8) is 0 Å². The minimum atomic E-state index is -0.340. The first-order chi connectivity index (χ1) is 11.0. The van der Waals surface area contributed by atoms with Gasteiger partial charge in [0.15, 0.2) is 0 Å². The van der Waals surface area contributed by atoms with Crippen molar-refractivity contribution in [2.45, 2.75) is 45.2 Å². The SMILES string of the molecule is Cc1cc(=O)n(CCN2CCC(N3CCCC3=O)CC2)c(=O)[nH]1. The third-order valence-corrected chi connectivity index (χ3v) is 4.90. The van der Waals surface area contributed by atoms with Crippen LogP contribution in [0.2, 0.25) is 0 Å². The highest BCUT2D eigenvalue weighted by Gasteiger charge is 2.30. The molecule has 2 saturated heterocycles. The van der Waals surface area contributed by atoms with Crippen molar-refractivity contribution in [1.29, 1.82) is 0 Å². The standard InChI is InChI=1S/C16H24N4O3/c1-12-11-15(22)20(16(23)17-12)10-9-18-7-4-13(5-8-18)19-6-2-3-14(19)21/h11,13H,2-10H2,1H3,(H,17,23). The van der Waals surface area contributed by atoms with E-state index in [2.05, 4.69) is 9.88 Å². The lowest BCUT2D eigenvalue weighted by atomic mass is 10.0. The van der Waals surface area contributed by atoms with E-state index in [0.29, 0.717) is 37.2 Å². The fraction of sp³-hybridized carbons (Fsp3) is 0.688. The van der Waals surface area contributed by atoms with E-state index in [1.54, 1.807) is 6.92 Å². The molecule has 3 heterocycles. The van der Waals surface area contributed by atoms with E-state index in [-0.39, 0.29) is 11.2 Å². The van der Waals surface area contributed by atoms with Crippen LogP contribution in [0.3, 0.4) is 0 Å². The second kappa shape index (κ2) is 6.70. The summed E-state index contributed by atoms with van der Waals surface area (Å²) in [5.41, 5.74) is 0.00342. The van der Waals surface area contributed by atoms with Crippen LogP contribution in [-0.2, 0) is 11.3 Å². The van der Waals surface area contributed by atoms with Crippen molar-refractivity contribution in [2.75, 3.05) is 26.2 Å². The summed E-state index contributed by atoms with van der Waals surface area (Å²) in [6, 6.07) is 1.82. The van der Waals surface area contributed by atoms with Crippen LogP contribution in [0.1, 0.15) is 31.4 Å². The molecule has 0 saturated carbocycles. The molecule has 0 unspecified atom stereocenters. The summed E-state index contributed by atoms with van der Waals surface area (Å²) in [7, 11) is 0. The van der Waals surface area contributed by atoms with Crippen LogP contribution in [-0.4, -0.2) is 57.5 Å². The minimum absolute atomic E-state index is 0.246. The number of hydrogen-bond donors (Lipinski definition) is 1. The van der Waals surface area contributed by atoms with E-state index >= 15 is 0 Å². The van der Waals surface area contributed by atoms with Gasteiger partial charge in [-0.25, -0.2) is 4.79 Å². The third kappa shape index (κ3) is 3.55. The number of nitrogens with zero attached hydrogens (tertiary/aromatic N) is 3. The monoisotopic (exact) mass is 320 g/mol. The molecule has 126 valence electrons. The Bertz CT molecular complexity index is 654. The minimum Gasteiger partial charge on any atom is -0.340 e. The van der Waals surface area contributed by atoms with E-state index in [1.807, 2.05) is 4.90 Å². The zero-order valence-corrected chi connectivity index (χ0v) is 13.6. The van der Waals surface area contributed by atoms with Gasteiger partial charge >= 0.3 is 5.69 Å². The van der Waals surface area contributed by atoms with Gasteiger partial charge in [-0.2, -0.15) is 0 Å². The maximum Gasteiger partial charge on any atom is 0.328 e. The second-order valence-corrected chi connectivity index (χ2v) is 6.51. The van der Waals surface area contributed by atoms with Crippen LogP contribution < -0.4 is 11.2 Å². The summed E-state index contributed by atoms with van der Waals surface area (Å²) in [5, 5.41) is 0. The van der Waals surface area contributed by atoms with Crippen molar-refractivity contribution in [3.8, 4) is 0 Å². The Balaban J connectivity index is 1.53. The van der Waals surface area contributed by atoms with E-state index in [0.717, 1.165) is 38.9 Å². The lowest BCUT2D eigenvalue weighted by molar-refractivity contribution is -0.130. The lowest BCUT2D eigenvalue weighted by Crippen LogP contribution is -2.47. The molecular formula is C16H24N4O3. The molecular weight excluding hydrogens is 296 g/mol. The van der Waals surface area contributed by atoms with Crippen LogP contribution >= 0.6 is 0 Å². The predicted molar refractivity (Wildman–Crippen MR) is 86.5 cm³/mol. The maximum atomic E-state index is 11.9. The summed E-state index contributed by atoms with van der Waals surface area (Å²) < 4.78 is 1.25. The molecule has 0 radical (unpaired) electrons. The number of hydrogen-bond acceptors (Lipinski definition) is 4. The highest BCUT2D eigenvalue weighted by molar-refractivity contribution is 5.78. The number of carbonyl (C=O) groups is 1. The molecule has 3 rings (SSSR count). The van der Waals surface area contributed by atoms with Gasteiger partial charge in [0, 0.05) is 56.9 Å². The predicted octanol–water partition coefficient (Wildman–Crippen LogP) is -0.0682. The number of likely N-dealkylation sites (tertiary alicyclic amines) is 2. The van der Waals surface area contributed by atoms with Gasteiger partial charge in [-0.15, -0.1) is 0 Å². The van der Waals surface area contributed by atoms with Crippen molar-refractivity contribution in [2.24, 2.45) is 0 Å². The van der Waals surface area contributed by atoms with Gasteiger partial charge in [0.05, 0.1) is 0 Å². The summed E-state index contributed by atoms with van der Waals surface area (Å²) in [5.74, 6) is 0.293. The molecule has 7 nitrogen and oxygen atoms in total. The van der Waals surface area contributed by atoms with Gasteiger partial charge in [0.2, 0.25) is 5.91 Å². The molecule has 0 aromatic carbocycles. The average molecular weight is 320 g/mol. The molecule has 0 bridgehead atoms. The molecule has 7 heteroatoms. The number of amides is 1. The Morgan fingerprint density at radius 3 is 2.48 bits per heavy atom. The summed E-state index contributed by atoms with van der Waals surface area (Å²) in [4.78, 5) is 42.5. The summed E-state index contributed by atoms with van der Waals surface area (Å²) in [6.45, 7) is 5.52. The smallest absolute Gasteiger partial charge is 0.328 e. The Hall–Kier alpha value is -1.89. The number of nitrogens with one attached hydrogen (secondary N) is 1.